The molecule has 0 aliphatic heterocycles. The van der Waals surface area contributed by atoms with Crippen molar-refractivity contribution < 1.29 is 9.47 Å². The van der Waals surface area contributed by atoms with Crippen LogP contribution < -0.4 is 0 Å². The molecule has 104 valence electrons. The quantitative estimate of drug-likeness (QED) is 0.449. The summed E-state index contributed by atoms with van der Waals surface area (Å²) in [4.78, 5) is 8.38. The van der Waals surface area contributed by atoms with E-state index in [9.17, 15) is 0 Å². The van der Waals surface area contributed by atoms with E-state index < -0.39 is 0 Å². The van der Waals surface area contributed by atoms with Gasteiger partial charge in [0.25, 0.3) is 0 Å². The molecular formula is C15H22N2O2. The molecule has 0 aliphatic carbocycles. The predicted molar refractivity (Wildman–Crippen MR) is 78.8 cm³/mol. The lowest BCUT2D eigenvalue weighted by molar-refractivity contribution is 0.0853. The molecule has 0 aliphatic rings. The topological polar surface area (TPSA) is 43.2 Å². The van der Waals surface area contributed by atoms with Gasteiger partial charge in [0.2, 0.25) is 0 Å². The van der Waals surface area contributed by atoms with Crippen LogP contribution in [0.1, 0.15) is 26.3 Å². The Labute approximate surface area is 115 Å². The summed E-state index contributed by atoms with van der Waals surface area (Å²) in [5, 5.41) is 0. The largest absolute Gasteiger partial charge is 0.478 e. The first kappa shape index (κ1) is 15.4. The maximum atomic E-state index is 5.51. The fourth-order valence-electron chi connectivity index (χ4n) is 1.54. The van der Waals surface area contributed by atoms with E-state index >= 15 is 0 Å². The Hall–Kier alpha value is -1.68. The average molecular weight is 262 g/mol. The van der Waals surface area contributed by atoms with Crippen LogP contribution in [0.3, 0.4) is 0 Å². The van der Waals surface area contributed by atoms with Crippen molar-refractivity contribution in [2.45, 2.75) is 27.4 Å². The molecular weight excluding hydrogens is 240 g/mol. The fourth-order valence-corrected chi connectivity index (χ4v) is 1.54. The molecule has 1 aromatic carbocycles. The van der Waals surface area contributed by atoms with E-state index in [2.05, 4.69) is 9.98 Å². The van der Waals surface area contributed by atoms with Gasteiger partial charge in [-0.2, -0.15) is 0 Å². The lowest BCUT2D eigenvalue weighted by Gasteiger charge is -2.06. The van der Waals surface area contributed by atoms with Crippen LogP contribution in [0.5, 0.6) is 0 Å². The molecule has 0 fully saturated rings. The Kier molecular flexibility index (Phi) is 7.51. The molecule has 0 N–H and O–H groups in total. The van der Waals surface area contributed by atoms with Crippen molar-refractivity contribution in [3.63, 3.8) is 0 Å². The summed E-state index contributed by atoms with van der Waals surface area (Å²) < 4.78 is 11.0. The monoisotopic (exact) mass is 262 g/mol. The molecule has 0 radical (unpaired) electrons. The summed E-state index contributed by atoms with van der Waals surface area (Å²) in [6.07, 6.45) is 0. The molecule has 0 aromatic heterocycles. The molecule has 0 bridgehead atoms. The van der Waals surface area contributed by atoms with Gasteiger partial charge in [0.05, 0.1) is 13.2 Å². The van der Waals surface area contributed by atoms with Crippen molar-refractivity contribution in [3.8, 4) is 0 Å². The molecule has 0 heterocycles. The number of hydrogen-bond acceptors (Lipinski definition) is 3. The van der Waals surface area contributed by atoms with Crippen LogP contribution in [-0.4, -0.2) is 31.5 Å². The first-order valence-corrected chi connectivity index (χ1v) is 6.53. The number of aliphatic imine (C=N–C) groups is 2. The second-order valence-corrected chi connectivity index (χ2v) is 4.04. The van der Waals surface area contributed by atoms with E-state index in [0.29, 0.717) is 25.7 Å². The van der Waals surface area contributed by atoms with E-state index in [4.69, 9.17) is 9.47 Å². The fraction of sp³-hybridized carbons (Fsp3) is 0.467. The minimum absolute atomic E-state index is 0.502. The van der Waals surface area contributed by atoms with Gasteiger partial charge in [-0.3, -0.25) is 4.99 Å². The number of amidine groups is 1. The van der Waals surface area contributed by atoms with Gasteiger partial charge in [-0.25, -0.2) is 4.99 Å². The average Bonchev–Trinajstić information content (AvgIpc) is 2.39. The zero-order chi connectivity index (χ0) is 13.9. The van der Waals surface area contributed by atoms with Crippen LogP contribution >= 0.6 is 0 Å². The smallest absolute Gasteiger partial charge is 0.186 e. The highest BCUT2D eigenvalue weighted by Crippen LogP contribution is 2.00. The minimum Gasteiger partial charge on any atom is -0.478 e. The number of nitrogens with zero attached hydrogens (tertiary/aromatic N) is 2. The van der Waals surface area contributed by atoms with Gasteiger partial charge in [0.1, 0.15) is 12.4 Å². The number of benzene rings is 1. The van der Waals surface area contributed by atoms with Crippen molar-refractivity contribution in [1.29, 1.82) is 0 Å². The third kappa shape index (κ3) is 7.36. The highest BCUT2D eigenvalue weighted by atomic mass is 16.5. The minimum atomic E-state index is 0.502. The summed E-state index contributed by atoms with van der Waals surface area (Å²) in [6.45, 7) is 8.06. The van der Waals surface area contributed by atoms with Crippen molar-refractivity contribution in [2.75, 3.05) is 19.8 Å². The van der Waals surface area contributed by atoms with Crippen LogP contribution in [0.25, 0.3) is 0 Å². The standard InChI is InChI=1S/C15H22N2O2/c1-4-16-13(2)17-14(3)19-11-10-18-12-15-8-6-5-7-9-15/h5-9H,4,10-12H2,1-3H3. The first-order valence-electron chi connectivity index (χ1n) is 6.53. The molecule has 1 rings (SSSR count). The molecule has 4 heteroatoms. The third-order valence-corrected chi connectivity index (χ3v) is 2.36. The molecule has 0 unspecified atom stereocenters. The summed E-state index contributed by atoms with van der Waals surface area (Å²) in [5.41, 5.74) is 1.17. The van der Waals surface area contributed by atoms with E-state index in [1.807, 2.05) is 51.1 Å². The second-order valence-electron chi connectivity index (χ2n) is 4.04. The summed E-state index contributed by atoms with van der Waals surface area (Å²) >= 11 is 0. The highest BCUT2D eigenvalue weighted by molar-refractivity contribution is 5.92. The Morgan fingerprint density at radius 3 is 2.53 bits per heavy atom. The lowest BCUT2D eigenvalue weighted by Crippen LogP contribution is -2.09. The molecule has 0 spiro atoms. The lowest BCUT2D eigenvalue weighted by atomic mass is 10.2. The Balaban J connectivity index is 2.15. The van der Waals surface area contributed by atoms with E-state index in [0.717, 1.165) is 12.4 Å². The van der Waals surface area contributed by atoms with E-state index in [1.165, 1.54) is 5.56 Å². The zero-order valence-corrected chi connectivity index (χ0v) is 11.9. The highest BCUT2D eigenvalue weighted by Gasteiger charge is 1.95. The molecule has 0 saturated heterocycles. The number of ether oxygens (including phenoxy) is 2. The van der Waals surface area contributed by atoms with Gasteiger partial charge in [0, 0.05) is 13.5 Å². The molecule has 0 amide bonds. The van der Waals surface area contributed by atoms with Crippen molar-refractivity contribution >= 4 is 11.7 Å². The van der Waals surface area contributed by atoms with Gasteiger partial charge in [-0.05, 0) is 19.4 Å². The third-order valence-electron chi connectivity index (χ3n) is 2.36. The predicted octanol–water partition coefficient (Wildman–Crippen LogP) is 3.08. The number of hydrogen-bond donors (Lipinski definition) is 0. The molecule has 0 atom stereocenters. The van der Waals surface area contributed by atoms with Crippen LogP contribution in [0, 0.1) is 0 Å². The Morgan fingerprint density at radius 2 is 1.84 bits per heavy atom. The molecule has 19 heavy (non-hydrogen) atoms. The Bertz CT molecular complexity index is 413. The normalized spacial score (nSPS) is 12.6. The SMILES string of the molecule is CCN=C(C)N=C(C)OCCOCc1ccccc1. The van der Waals surface area contributed by atoms with Crippen molar-refractivity contribution in [3.05, 3.63) is 35.9 Å². The van der Waals surface area contributed by atoms with E-state index in [1.54, 1.807) is 0 Å². The second kappa shape index (κ2) is 9.28. The van der Waals surface area contributed by atoms with Crippen LogP contribution in [0.15, 0.2) is 40.3 Å². The molecule has 0 saturated carbocycles. The van der Waals surface area contributed by atoms with Crippen LogP contribution in [0.4, 0.5) is 0 Å². The Morgan fingerprint density at radius 1 is 1.11 bits per heavy atom. The summed E-state index contributed by atoms with van der Waals surface area (Å²) in [5.74, 6) is 1.36. The number of rotatable bonds is 6. The van der Waals surface area contributed by atoms with Crippen molar-refractivity contribution in [1.82, 2.24) is 0 Å². The van der Waals surface area contributed by atoms with Gasteiger partial charge in [-0.15, -0.1) is 0 Å². The maximum absolute atomic E-state index is 5.51. The van der Waals surface area contributed by atoms with Gasteiger partial charge < -0.3 is 9.47 Å². The van der Waals surface area contributed by atoms with Gasteiger partial charge >= 0.3 is 0 Å². The maximum Gasteiger partial charge on any atom is 0.186 e. The van der Waals surface area contributed by atoms with Gasteiger partial charge in [0.15, 0.2) is 5.90 Å². The van der Waals surface area contributed by atoms with E-state index in [-0.39, 0.29) is 0 Å². The summed E-state index contributed by atoms with van der Waals surface area (Å²) in [6, 6.07) is 10.1. The molecule has 4 nitrogen and oxygen atoms in total. The summed E-state index contributed by atoms with van der Waals surface area (Å²) in [7, 11) is 0. The first-order chi connectivity index (χ1) is 9.22. The van der Waals surface area contributed by atoms with Crippen molar-refractivity contribution in [2.24, 2.45) is 9.98 Å². The van der Waals surface area contributed by atoms with Crippen LogP contribution in [-0.2, 0) is 16.1 Å². The molecule has 1 aromatic rings. The van der Waals surface area contributed by atoms with Crippen LogP contribution in [0.2, 0.25) is 0 Å². The zero-order valence-electron chi connectivity index (χ0n) is 11.9. The van der Waals surface area contributed by atoms with Gasteiger partial charge in [-0.1, -0.05) is 30.3 Å².